The molecule has 1 rings (SSSR count). The highest BCUT2D eigenvalue weighted by atomic mass is 127. The molecule has 0 aliphatic rings. The van der Waals surface area contributed by atoms with Crippen LogP contribution in [0, 0.1) is 10.7 Å². The summed E-state index contributed by atoms with van der Waals surface area (Å²) >= 11 is 5.86. The number of ether oxygens (including phenoxy) is 1. The van der Waals surface area contributed by atoms with E-state index in [1.807, 2.05) is 67.8 Å². The molecule has 0 fully saturated rings. The topological polar surface area (TPSA) is 169 Å². The fourth-order valence-electron chi connectivity index (χ4n) is 2.12. The van der Waals surface area contributed by atoms with Crippen LogP contribution in [0.2, 0.25) is 0 Å². The third-order valence-corrected chi connectivity index (χ3v) is 6.44. The molecule has 3 atom stereocenters. The summed E-state index contributed by atoms with van der Waals surface area (Å²) < 4.78 is 6.69. The summed E-state index contributed by atoms with van der Waals surface area (Å²) in [5.74, 6) is -0.975. The summed E-state index contributed by atoms with van der Waals surface area (Å²) in [7, 11) is 0. The number of hydrogen-bond donors (Lipinski definition) is 7. The van der Waals surface area contributed by atoms with E-state index in [1.54, 1.807) is 6.07 Å². The van der Waals surface area contributed by atoms with Crippen LogP contribution in [-0.4, -0.2) is 95.2 Å². The van der Waals surface area contributed by atoms with Crippen LogP contribution in [0.25, 0.3) is 0 Å². The van der Waals surface area contributed by atoms with E-state index in [0.29, 0.717) is 10.7 Å². The van der Waals surface area contributed by atoms with E-state index in [0.717, 1.165) is 0 Å². The highest BCUT2D eigenvalue weighted by Gasteiger charge is 2.24. The average Bonchev–Trinajstić information content (AvgIpc) is 2.69. The second kappa shape index (κ2) is 14.3. The van der Waals surface area contributed by atoms with Crippen LogP contribution in [0.5, 0.6) is 0 Å². The van der Waals surface area contributed by atoms with Crippen molar-refractivity contribution in [1.29, 1.82) is 0 Å². The second-order valence-electron chi connectivity index (χ2n) is 6.19. The molecule has 0 aromatic heterocycles. The van der Waals surface area contributed by atoms with Crippen molar-refractivity contribution in [2.24, 2.45) is 0 Å². The second-order valence-corrected chi connectivity index (χ2v) is 9.59. The summed E-state index contributed by atoms with van der Waals surface area (Å²) in [6.07, 6.45) is -3.15. The van der Waals surface area contributed by atoms with Gasteiger partial charge in [0.15, 0.2) is 0 Å². The number of rotatable bonds is 12. The molecule has 0 saturated heterocycles. The molecule has 0 aliphatic heterocycles. The van der Waals surface area contributed by atoms with Gasteiger partial charge in [0.25, 0.3) is 11.8 Å². The molecule has 30 heavy (non-hydrogen) atoms. The molecule has 7 N–H and O–H groups in total. The number of nitrogens with one attached hydrogen (secondary N) is 2. The first-order valence-corrected chi connectivity index (χ1v) is 11.9. The lowest BCUT2D eigenvalue weighted by Crippen LogP contribution is -2.37. The molecule has 3 unspecified atom stereocenters. The van der Waals surface area contributed by atoms with E-state index < -0.39 is 43.3 Å². The molecule has 13 heteroatoms. The van der Waals surface area contributed by atoms with E-state index in [1.165, 1.54) is 0 Å². The number of aliphatic hydroxyl groups excluding tert-OH is 5. The summed E-state index contributed by atoms with van der Waals surface area (Å²) in [6.45, 7) is -1.47. The van der Waals surface area contributed by atoms with Crippen molar-refractivity contribution in [3.63, 3.8) is 0 Å². The van der Waals surface area contributed by atoms with Crippen LogP contribution in [0.1, 0.15) is 20.7 Å². The molecular formula is C17H23I3N2O8. The monoisotopic (exact) mass is 764 g/mol. The van der Waals surface area contributed by atoms with Crippen molar-refractivity contribution in [1.82, 2.24) is 10.6 Å². The van der Waals surface area contributed by atoms with Crippen molar-refractivity contribution in [3.05, 3.63) is 27.9 Å². The number of aliphatic hydroxyl groups is 5. The van der Waals surface area contributed by atoms with E-state index in [-0.39, 0.29) is 37.4 Å². The van der Waals surface area contributed by atoms with Gasteiger partial charge >= 0.3 is 0 Å². The Labute approximate surface area is 214 Å². The van der Waals surface area contributed by atoms with Crippen molar-refractivity contribution in [3.8, 4) is 0 Å². The van der Waals surface area contributed by atoms with E-state index in [2.05, 4.69) is 10.6 Å². The quantitative estimate of drug-likeness (QED) is 0.134. The fourth-order valence-corrected chi connectivity index (χ4v) is 6.47. The van der Waals surface area contributed by atoms with Gasteiger partial charge in [0.1, 0.15) is 6.10 Å². The average molecular weight is 764 g/mol. The summed E-state index contributed by atoms with van der Waals surface area (Å²) in [4.78, 5) is 25.2. The van der Waals surface area contributed by atoms with Gasteiger partial charge in [-0.2, -0.15) is 0 Å². The van der Waals surface area contributed by atoms with Crippen LogP contribution in [0.15, 0.2) is 6.07 Å². The smallest absolute Gasteiger partial charge is 0.253 e. The molecule has 0 aliphatic carbocycles. The molecular weight excluding hydrogens is 741 g/mol. The molecule has 0 radical (unpaired) electrons. The lowest BCUT2D eigenvalue weighted by atomic mass is 10.1. The van der Waals surface area contributed by atoms with Crippen LogP contribution < -0.4 is 10.6 Å². The molecule has 170 valence electrons. The standard InChI is InChI=1S/C17H23I3N2O8/c18-11-1-12(19)14(15(20)13(11)16(28)21-2-8(25)4-23)17(29)22-3-9(26)6-30-7-10(27)5-24/h1,8-10,23-27H,2-7H2,(H,21,28)(H,22,29). The first kappa shape index (κ1) is 28.1. The summed E-state index contributed by atoms with van der Waals surface area (Å²) in [5.41, 5.74) is 0.544. The van der Waals surface area contributed by atoms with Gasteiger partial charge in [-0.1, -0.05) is 0 Å². The van der Waals surface area contributed by atoms with Gasteiger partial charge in [0.2, 0.25) is 0 Å². The lowest BCUT2D eigenvalue weighted by molar-refractivity contribution is -0.0234. The molecule has 0 saturated carbocycles. The number of carbonyl (C=O) groups is 2. The van der Waals surface area contributed by atoms with Crippen LogP contribution in [0.3, 0.4) is 0 Å². The zero-order chi connectivity index (χ0) is 22.8. The number of amides is 2. The maximum Gasteiger partial charge on any atom is 0.253 e. The fraction of sp³-hybridized carbons (Fsp3) is 0.529. The van der Waals surface area contributed by atoms with Crippen molar-refractivity contribution >= 4 is 79.6 Å². The van der Waals surface area contributed by atoms with Gasteiger partial charge in [-0.05, 0) is 73.8 Å². The van der Waals surface area contributed by atoms with Crippen LogP contribution in [0.4, 0.5) is 0 Å². The van der Waals surface area contributed by atoms with Crippen molar-refractivity contribution in [2.75, 3.05) is 39.5 Å². The minimum absolute atomic E-state index is 0.115. The molecule has 10 nitrogen and oxygen atoms in total. The largest absolute Gasteiger partial charge is 0.394 e. The molecule has 0 spiro atoms. The highest BCUT2D eigenvalue weighted by molar-refractivity contribution is 14.1. The van der Waals surface area contributed by atoms with Crippen molar-refractivity contribution < 1.29 is 39.9 Å². The van der Waals surface area contributed by atoms with Gasteiger partial charge in [0.05, 0.1) is 49.8 Å². The minimum Gasteiger partial charge on any atom is -0.394 e. The van der Waals surface area contributed by atoms with Gasteiger partial charge < -0.3 is 40.9 Å². The lowest BCUT2D eigenvalue weighted by Gasteiger charge is -2.17. The Morgan fingerprint density at radius 1 is 0.833 bits per heavy atom. The summed E-state index contributed by atoms with van der Waals surface area (Å²) in [6, 6.07) is 1.67. The van der Waals surface area contributed by atoms with Gasteiger partial charge in [0, 0.05) is 23.8 Å². The number of halogens is 3. The summed E-state index contributed by atoms with van der Waals surface area (Å²) in [5, 5.41) is 51.2. The van der Waals surface area contributed by atoms with Gasteiger partial charge in [-0.15, -0.1) is 0 Å². The van der Waals surface area contributed by atoms with Crippen LogP contribution >= 0.6 is 67.8 Å². The Morgan fingerprint density at radius 3 is 1.73 bits per heavy atom. The first-order chi connectivity index (χ1) is 14.1. The van der Waals surface area contributed by atoms with E-state index in [9.17, 15) is 24.9 Å². The third kappa shape index (κ3) is 8.93. The van der Waals surface area contributed by atoms with Gasteiger partial charge in [-0.25, -0.2) is 0 Å². The van der Waals surface area contributed by atoms with E-state index in [4.69, 9.17) is 14.9 Å². The molecule has 1 aromatic rings. The highest BCUT2D eigenvalue weighted by Crippen LogP contribution is 2.28. The third-order valence-electron chi connectivity index (χ3n) is 3.66. The van der Waals surface area contributed by atoms with Crippen LogP contribution in [-0.2, 0) is 4.74 Å². The van der Waals surface area contributed by atoms with Crippen molar-refractivity contribution in [2.45, 2.75) is 18.3 Å². The molecule has 2 amide bonds. The normalized spacial score (nSPS) is 14.1. The Morgan fingerprint density at radius 2 is 1.27 bits per heavy atom. The number of hydrogen-bond acceptors (Lipinski definition) is 8. The molecule has 1 aromatic carbocycles. The number of carbonyl (C=O) groups excluding carboxylic acids is 2. The molecule has 0 heterocycles. The zero-order valence-electron chi connectivity index (χ0n) is 15.6. The maximum atomic E-state index is 12.7. The predicted molar refractivity (Wildman–Crippen MR) is 132 cm³/mol. The zero-order valence-corrected chi connectivity index (χ0v) is 22.1. The predicted octanol–water partition coefficient (Wildman–Crippen LogP) is -0.956. The van der Waals surface area contributed by atoms with Gasteiger partial charge in [-0.3, -0.25) is 9.59 Å². The Bertz CT molecular complexity index is 737. The minimum atomic E-state index is -1.09. The Kier molecular flexibility index (Phi) is 13.4. The number of benzene rings is 1. The SMILES string of the molecule is O=C(NCC(O)CO)c1c(I)cc(I)c(C(=O)NCC(O)COCC(O)CO)c1I. The first-order valence-electron chi connectivity index (χ1n) is 8.69. The van der Waals surface area contributed by atoms with E-state index >= 15 is 0 Å². The molecule has 0 bridgehead atoms. The maximum absolute atomic E-state index is 12.7. The Balaban J connectivity index is 2.83. The Hall–Kier alpha value is 0.110.